The molecule has 100 valence electrons. The number of hydrogen-bond acceptors (Lipinski definition) is 5. The Hall–Kier alpha value is -2.14. The summed E-state index contributed by atoms with van der Waals surface area (Å²) in [5.74, 6) is 0. The van der Waals surface area contributed by atoms with Gasteiger partial charge in [0, 0.05) is 21.9 Å². The van der Waals surface area contributed by atoms with E-state index in [4.69, 9.17) is 5.21 Å². The standard InChI is InChI=1S/C15H13N3OS/c1-9-6-10-4-3-5-16-14(10)15-13(9)12(20-2)7-11(18-15)8-17-19/h3-8,19H,1-2H3/b17-8-. The highest BCUT2D eigenvalue weighted by Gasteiger charge is 2.11. The van der Waals surface area contributed by atoms with Gasteiger partial charge in [0.05, 0.1) is 22.9 Å². The minimum atomic E-state index is 0.627. The Morgan fingerprint density at radius 1 is 1.30 bits per heavy atom. The second-order valence-electron chi connectivity index (χ2n) is 4.49. The Morgan fingerprint density at radius 3 is 2.90 bits per heavy atom. The van der Waals surface area contributed by atoms with E-state index in [1.807, 2.05) is 24.5 Å². The number of rotatable bonds is 2. The van der Waals surface area contributed by atoms with Crippen LogP contribution >= 0.6 is 11.8 Å². The van der Waals surface area contributed by atoms with E-state index in [-0.39, 0.29) is 0 Å². The second kappa shape index (κ2) is 5.09. The molecule has 0 amide bonds. The lowest BCUT2D eigenvalue weighted by molar-refractivity contribution is 0.321. The van der Waals surface area contributed by atoms with Crippen LogP contribution in [-0.2, 0) is 0 Å². The van der Waals surface area contributed by atoms with Gasteiger partial charge in [-0.2, -0.15) is 0 Å². The van der Waals surface area contributed by atoms with Gasteiger partial charge >= 0.3 is 0 Å². The molecule has 1 N–H and O–H groups in total. The van der Waals surface area contributed by atoms with Crippen LogP contribution in [0.2, 0.25) is 0 Å². The van der Waals surface area contributed by atoms with Crippen LogP contribution < -0.4 is 0 Å². The third-order valence-electron chi connectivity index (χ3n) is 3.24. The molecule has 3 aromatic rings. The smallest absolute Gasteiger partial charge is 0.0986 e. The number of aryl methyl sites for hydroxylation is 1. The van der Waals surface area contributed by atoms with Gasteiger partial charge in [0.1, 0.15) is 0 Å². The number of benzene rings is 1. The molecule has 0 saturated carbocycles. The van der Waals surface area contributed by atoms with Crippen molar-refractivity contribution in [2.24, 2.45) is 5.16 Å². The average molecular weight is 283 g/mol. The molecule has 0 saturated heterocycles. The van der Waals surface area contributed by atoms with Crippen molar-refractivity contribution in [1.82, 2.24) is 9.97 Å². The number of pyridine rings is 2. The third kappa shape index (κ3) is 2.00. The molecular formula is C15H13N3OS. The predicted octanol–water partition coefficient (Wildman–Crippen LogP) is 3.62. The van der Waals surface area contributed by atoms with E-state index in [1.54, 1.807) is 18.0 Å². The molecule has 0 fully saturated rings. The molecule has 2 heterocycles. The van der Waals surface area contributed by atoms with Gasteiger partial charge in [-0.3, -0.25) is 4.98 Å². The Balaban J connectivity index is 2.52. The summed E-state index contributed by atoms with van der Waals surface area (Å²) in [5, 5.41) is 14.0. The maximum atomic E-state index is 8.73. The minimum Gasteiger partial charge on any atom is -0.411 e. The van der Waals surface area contributed by atoms with Gasteiger partial charge in [0.15, 0.2) is 0 Å². The fraction of sp³-hybridized carbons (Fsp3) is 0.133. The van der Waals surface area contributed by atoms with Gasteiger partial charge in [-0.25, -0.2) is 4.98 Å². The van der Waals surface area contributed by atoms with Crippen LogP contribution in [0.3, 0.4) is 0 Å². The summed E-state index contributed by atoms with van der Waals surface area (Å²) in [6, 6.07) is 8.00. The van der Waals surface area contributed by atoms with Gasteiger partial charge in [-0.05, 0) is 36.9 Å². The molecule has 0 bridgehead atoms. The number of oxime groups is 1. The lowest BCUT2D eigenvalue weighted by atomic mass is 10.0. The maximum absolute atomic E-state index is 8.73. The number of thioether (sulfide) groups is 1. The molecule has 0 radical (unpaired) electrons. The number of hydrogen-bond donors (Lipinski definition) is 1. The SMILES string of the molecule is CSc1cc(/C=N\O)nc2c1c(C)cc1cccnc12. The Morgan fingerprint density at radius 2 is 2.15 bits per heavy atom. The topological polar surface area (TPSA) is 58.4 Å². The van der Waals surface area contributed by atoms with E-state index < -0.39 is 0 Å². The van der Waals surface area contributed by atoms with Crippen LogP contribution in [0.1, 0.15) is 11.3 Å². The van der Waals surface area contributed by atoms with E-state index in [0.29, 0.717) is 5.69 Å². The zero-order valence-electron chi connectivity index (χ0n) is 11.2. The highest BCUT2D eigenvalue weighted by molar-refractivity contribution is 7.98. The summed E-state index contributed by atoms with van der Waals surface area (Å²) in [4.78, 5) is 10.1. The summed E-state index contributed by atoms with van der Waals surface area (Å²) >= 11 is 1.65. The molecule has 2 aromatic heterocycles. The van der Waals surface area contributed by atoms with E-state index in [0.717, 1.165) is 26.7 Å². The molecule has 0 unspecified atom stereocenters. The first-order valence-electron chi connectivity index (χ1n) is 6.15. The van der Waals surface area contributed by atoms with Gasteiger partial charge in [0.25, 0.3) is 0 Å². The van der Waals surface area contributed by atoms with Crippen molar-refractivity contribution in [2.45, 2.75) is 11.8 Å². The summed E-state index contributed by atoms with van der Waals surface area (Å²) in [7, 11) is 0. The fourth-order valence-corrected chi connectivity index (χ4v) is 3.12. The lowest BCUT2D eigenvalue weighted by Crippen LogP contribution is -1.95. The van der Waals surface area contributed by atoms with Crippen molar-refractivity contribution in [2.75, 3.05) is 6.26 Å². The van der Waals surface area contributed by atoms with Crippen LogP contribution in [0.5, 0.6) is 0 Å². The first-order chi connectivity index (χ1) is 9.74. The number of aromatic nitrogens is 2. The van der Waals surface area contributed by atoms with Crippen LogP contribution in [0.15, 0.2) is 40.5 Å². The molecule has 5 heteroatoms. The van der Waals surface area contributed by atoms with E-state index in [9.17, 15) is 0 Å². The third-order valence-corrected chi connectivity index (χ3v) is 4.00. The second-order valence-corrected chi connectivity index (χ2v) is 5.33. The van der Waals surface area contributed by atoms with E-state index >= 15 is 0 Å². The van der Waals surface area contributed by atoms with Crippen molar-refractivity contribution >= 4 is 39.8 Å². The van der Waals surface area contributed by atoms with Crippen molar-refractivity contribution in [3.8, 4) is 0 Å². The van der Waals surface area contributed by atoms with Crippen LogP contribution in [0.4, 0.5) is 0 Å². The number of fused-ring (bicyclic) bond motifs is 3. The first-order valence-corrected chi connectivity index (χ1v) is 7.37. The molecule has 20 heavy (non-hydrogen) atoms. The normalized spacial score (nSPS) is 11.7. The van der Waals surface area contributed by atoms with Gasteiger partial charge in [-0.15, -0.1) is 11.8 Å². The van der Waals surface area contributed by atoms with Crippen LogP contribution in [0.25, 0.3) is 21.8 Å². The quantitative estimate of drug-likeness (QED) is 0.256. The van der Waals surface area contributed by atoms with Crippen molar-refractivity contribution in [3.63, 3.8) is 0 Å². The molecule has 4 nitrogen and oxygen atoms in total. The summed E-state index contributed by atoms with van der Waals surface area (Å²) in [5.41, 5.74) is 3.52. The van der Waals surface area contributed by atoms with Gasteiger partial charge < -0.3 is 5.21 Å². The van der Waals surface area contributed by atoms with Crippen molar-refractivity contribution in [1.29, 1.82) is 0 Å². The molecular weight excluding hydrogens is 270 g/mol. The molecule has 0 atom stereocenters. The highest BCUT2D eigenvalue weighted by Crippen LogP contribution is 2.32. The Bertz CT molecular complexity index is 830. The summed E-state index contributed by atoms with van der Waals surface area (Å²) in [6.07, 6.45) is 5.14. The van der Waals surface area contributed by atoms with E-state index in [1.165, 1.54) is 11.8 Å². The minimum absolute atomic E-state index is 0.627. The monoisotopic (exact) mass is 283 g/mol. The largest absolute Gasteiger partial charge is 0.411 e. The first kappa shape index (κ1) is 12.9. The lowest BCUT2D eigenvalue weighted by Gasteiger charge is -2.10. The molecule has 1 aromatic carbocycles. The van der Waals surface area contributed by atoms with Gasteiger partial charge in [-0.1, -0.05) is 11.2 Å². The molecule has 0 aliphatic carbocycles. The summed E-state index contributed by atoms with van der Waals surface area (Å²) in [6.45, 7) is 2.08. The molecule has 0 aliphatic heterocycles. The Labute approximate surface area is 120 Å². The maximum Gasteiger partial charge on any atom is 0.0986 e. The van der Waals surface area contributed by atoms with E-state index in [2.05, 4.69) is 28.1 Å². The molecule has 3 rings (SSSR count). The Kier molecular flexibility index (Phi) is 3.28. The van der Waals surface area contributed by atoms with Crippen LogP contribution in [0, 0.1) is 6.92 Å². The predicted molar refractivity (Wildman–Crippen MR) is 82.9 cm³/mol. The zero-order valence-corrected chi connectivity index (χ0v) is 12.0. The molecule has 0 aliphatic rings. The van der Waals surface area contributed by atoms with Gasteiger partial charge in [0.2, 0.25) is 0 Å². The zero-order chi connectivity index (χ0) is 14.1. The summed E-state index contributed by atoms with van der Waals surface area (Å²) < 4.78 is 0. The number of nitrogens with zero attached hydrogens (tertiary/aromatic N) is 3. The van der Waals surface area contributed by atoms with Crippen molar-refractivity contribution in [3.05, 3.63) is 41.7 Å². The highest BCUT2D eigenvalue weighted by atomic mass is 32.2. The fourth-order valence-electron chi connectivity index (χ4n) is 2.42. The van der Waals surface area contributed by atoms with Crippen molar-refractivity contribution < 1.29 is 5.21 Å². The molecule has 0 spiro atoms. The van der Waals surface area contributed by atoms with Crippen LogP contribution in [-0.4, -0.2) is 27.6 Å². The average Bonchev–Trinajstić information content (AvgIpc) is 2.47.